The van der Waals surface area contributed by atoms with E-state index in [0.717, 1.165) is 12.2 Å². The third kappa shape index (κ3) is 4.44. The van der Waals surface area contributed by atoms with Gasteiger partial charge >= 0.3 is 0 Å². The molecule has 104 valence electrons. The number of nitrogens with two attached hydrogens (primary N) is 1. The lowest BCUT2D eigenvalue weighted by atomic mass is 10.1. The minimum absolute atomic E-state index is 0.116. The lowest BCUT2D eigenvalue weighted by molar-refractivity contribution is -0.384. The summed E-state index contributed by atoms with van der Waals surface area (Å²) in [7, 11) is 0. The molecule has 0 aromatic heterocycles. The second-order valence-electron chi connectivity index (χ2n) is 4.18. The maximum absolute atomic E-state index is 11.0. The summed E-state index contributed by atoms with van der Waals surface area (Å²) in [5.74, 6) is 0.298. The average molecular weight is 283 g/mol. The minimum Gasteiger partial charge on any atom is -0.377 e. The van der Waals surface area contributed by atoms with Crippen LogP contribution in [-0.4, -0.2) is 28.9 Å². The van der Waals surface area contributed by atoms with Gasteiger partial charge in [-0.1, -0.05) is 0 Å². The van der Waals surface area contributed by atoms with Gasteiger partial charge in [0.1, 0.15) is 5.69 Å². The molecule has 0 radical (unpaired) electrons. The highest BCUT2D eigenvalue weighted by atomic mass is 32.2. The molecular weight excluding hydrogens is 266 g/mol. The third-order valence-corrected chi connectivity index (χ3v) is 3.28. The summed E-state index contributed by atoms with van der Waals surface area (Å²) in [6.07, 6.45) is 2.91. The van der Waals surface area contributed by atoms with E-state index in [1.54, 1.807) is 11.8 Å². The predicted molar refractivity (Wildman–Crippen MR) is 77.7 cm³/mol. The van der Waals surface area contributed by atoms with Crippen LogP contribution in [0.3, 0.4) is 0 Å². The molecule has 1 rings (SSSR count). The zero-order chi connectivity index (χ0) is 14.4. The summed E-state index contributed by atoms with van der Waals surface area (Å²) in [5, 5.41) is 14.1. The number of hydrogen-bond donors (Lipinski definition) is 2. The fourth-order valence-corrected chi connectivity index (χ4v) is 2.18. The number of amides is 1. The maximum atomic E-state index is 11.0. The van der Waals surface area contributed by atoms with Gasteiger partial charge in [0.05, 0.1) is 4.92 Å². The van der Waals surface area contributed by atoms with Crippen LogP contribution in [0.4, 0.5) is 11.4 Å². The molecule has 3 N–H and O–H groups in total. The number of thioether (sulfide) groups is 1. The number of nitro groups is 1. The number of carbonyl (C=O) groups is 1. The van der Waals surface area contributed by atoms with Crippen LogP contribution in [0.1, 0.15) is 23.7 Å². The highest BCUT2D eigenvalue weighted by Crippen LogP contribution is 2.26. The Morgan fingerprint density at radius 3 is 2.79 bits per heavy atom. The van der Waals surface area contributed by atoms with Crippen LogP contribution in [0.25, 0.3) is 0 Å². The van der Waals surface area contributed by atoms with Gasteiger partial charge in [-0.05, 0) is 37.5 Å². The summed E-state index contributed by atoms with van der Waals surface area (Å²) in [5.41, 5.74) is 5.52. The number of anilines is 1. The monoisotopic (exact) mass is 283 g/mol. The lowest BCUT2D eigenvalue weighted by Gasteiger charge is -2.14. The second kappa shape index (κ2) is 6.98. The van der Waals surface area contributed by atoms with Crippen LogP contribution in [0.5, 0.6) is 0 Å². The zero-order valence-electron chi connectivity index (χ0n) is 10.9. The Labute approximate surface area is 115 Å². The number of carbonyl (C=O) groups excluding carboxylic acids is 1. The van der Waals surface area contributed by atoms with Crippen molar-refractivity contribution in [1.29, 1.82) is 0 Å². The van der Waals surface area contributed by atoms with Crippen molar-refractivity contribution in [2.75, 3.05) is 17.3 Å². The molecular formula is C12H17N3O3S. The van der Waals surface area contributed by atoms with Crippen LogP contribution in [0, 0.1) is 10.1 Å². The molecule has 7 heteroatoms. The van der Waals surface area contributed by atoms with Crippen molar-refractivity contribution in [3.05, 3.63) is 33.9 Å². The molecule has 0 fully saturated rings. The van der Waals surface area contributed by atoms with Gasteiger partial charge in [0, 0.05) is 17.7 Å². The van der Waals surface area contributed by atoms with E-state index < -0.39 is 10.8 Å². The molecule has 1 aromatic carbocycles. The molecule has 0 saturated heterocycles. The first-order valence-electron chi connectivity index (χ1n) is 5.79. The van der Waals surface area contributed by atoms with Crippen LogP contribution >= 0.6 is 11.8 Å². The summed E-state index contributed by atoms with van der Waals surface area (Å²) in [4.78, 5) is 21.5. The predicted octanol–water partition coefficient (Wildman–Crippen LogP) is 2.25. The van der Waals surface area contributed by atoms with E-state index in [9.17, 15) is 14.9 Å². The van der Waals surface area contributed by atoms with Crippen molar-refractivity contribution in [3.8, 4) is 0 Å². The van der Waals surface area contributed by atoms with Gasteiger partial charge in [-0.25, -0.2) is 0 Å². The van der Waals surface area contributed by atoms with Crippen LogP contribution < -0.4 is 11.1 Å². The minimum atomic E-state index is -0.676. The summed E-state index contributed by atoms with van der Waals surface area (Å²) in [6.45, 7) is 1.96. The normalized spacial score (nSPS) is 11.9. The Bertz CT molecular complexity index is 479. The molecule has 0 bridgehead atoms. The summed E-state index contributed by atoms with van der Waals surface area (Å²) >= 11 is 1.72. The standard InChI is InChI=1S/C12H17N3O3S/c1-8(5-6-19-2)14-10-4-3-9(12(13)16)7-11(10)15(17)18/h3-4,7-8,14H,5-6H2,1-2H3,(H2,13,16). The van der Waals surface area contributed by atoms with Crippen molar-refractivity contribution in [3.63, 3.8) is 0 Å². The number of nitrogens with zero attached hydrogens (tertiary/aromatic N) is 1. The van der Waals surface area contributed by atoms with Gasteiger partial charge in [0.15, 0.2) is 0 Å². The fraction of sp³-hybridized carbons (Fsp3) is 0.417. The fourth-order valence-electron chi connectivity index (χ4n) is 1.59. The van der Waals surface area contributed by atoms with E-state index >= 15 is 0 Å². The van der Waals surface area contributed by atoms with Gasteiger partial charge in [-0.2, -0.15) is 11.8 Å². The van der Waals surface area contributed by atoms with Crippen LogP contribution in [0.2, 0.25) is 0 Å². The number of nitrogens with one attached hydrogen (secondary N) is 1. The van der Waals surface area contributed by atoms with E-state index in [1.165, 1.54) is 18.2 Å². The molecule has 0 aliphatic heterocycles. The molecule has 1 unspecified atom stereocenters. The van der Waals surface area contributed by atoms with E-state index in [-0.39, 0.29) is 17.3 Å². The number of hydrogen-bond acceptors (Lipinski definition) is 5. The highest BCUT2D eigenvalue weighted by Gasteiger charge is 2.17. The summed E-state index contributed by atoms with van der Waals surface area (Å²) < 4.78 is 0. The van der Waals surface area contributed by atoms with Crippen molar-refractivity contribution < 1.29 is 9.72 Å². The van der Waals surface area contributed by atoms with Gasteiger partial charge in [-0.15, -0.1) is 0 Å². The Morgan fingerprint density at radius 2 is 2.26 bits per heavy atom. The molecule has 0 aliphatic carbocycles. The first kappa shape index (κ1) is 15.3. The molecule has 19 heavy (non-hydrogen) atoms. The molecule has 1 aromatic rings. The molecule has 0 saturated carbocycles. The zero-order valence-corrected chi connectivity index (χ0v) is 11.7. The number of primary amides is 1. The third-order valence-electron chi connectivity index (χ3n) is 2.64. The first-order chi connectivity index (χ1) is 8.95. The van der Waals surface area contributed by atoms with Gasteiger partial charge in [0.2, 0.25) is 5.91 Å². The molecule has 0 heterocycles. The molecule has 0 spiro atoms. The largest absolute Gasteiger partial charge is 0.377 e. The number of benzene rings is 1. The van der Waals surface area contributed by atoms with E-state index in [0.29, 0.717) is 5.69 Å². The van der Waals surface area contributed by atoms with Crippen molar-refractivity contribution in [2.45, 2.75) is 19.4 Å². The van der Waals surface area contributed by atoms with Gasteiger partial charge < -0.3 is 11.1 Å². The van der Waals surface area contributed by atoms with Crippen LogP contribution in [-0.2, 0) is 0 Å². The molecule has 6 nitrogen and oxygen atoms in total. The highest BCUT2D eigenvalue weighted by molar-refractivity contribution is 7.98. The van der Waals surface area contributed by atoms with Gasteiger partial charge in [-0.3, -0.25) is 14.9 Å². The van der Waals surface area contributed by atoms with Crippen molar-refractivity contribution in [2.24, 2.45) is 5.73 Å². The second-order valence-corrected chi connectivity index (χ2v) is 5.17. The van der Waals surface area contributed by atoms with E-state index in [4.69, 9.17) is 5.73 Å². The Kier molecular flexibility index (Phi) is 5.62. The lowest BCUT2D eigenvalue weighted by Crippen LogP contribution is -2.17. The van der Waals surface area contributed by atoms with E-state index in [2.05, 4.69) is 5.32 Å². The van der Waals surface area contributed by atoms with E-state index in [1.807, 2.05) is 13.2 Å². The Hall–Kier alpha value is -1.76. The molecule has 1 atom stereocenters. The number of rotatable bonds is 7. The Morgan fingerprint density at radius 1 is 1.58 bits per heavy atom. The van der Waals surface area contributed by atoms with Gasteiger partial charge in [0.25, 0.3) is 5.69 Å². The quantitative estimate of drug-likeness (QED) is 0.590. The maximum Gasteiger partial charge on any atom is 0.293 e. The molecule has 1 amide bonds. The molecule has 0 aliphatic rings. The number of nitro benzene ring substituents is 1. The average Bonchev–Trinajstić information content (AvgIpc) is 2.36. The smallest absolute Gasteiger partial charge is 0.293 e. The van der Waals surface area contributed by atoms with Crippen LogP contribution in [0.15, 0.2) is 18.2 Å². The van der Waals surface area contributed by atoms with Crippen molar-refractivity contribution in [1.82, 2.24) is 0 Å². The Balaban J connectivity index is 2.94. The first-order valence-corrected chi connectivity index (χ1v) is 7.18. The summed E-state index contributed by atoms with van der Waals surface area (Å²) in [6, 6.07) is 4.32. The van der Waals surface area contributed by atoms with Crippen molar-refractivity contribution >= 4 is 29.0 Å². The SMILES string of the molecule is CSCCC(C)Nc1ccc(C(N)=O)cc1[N+](=O)[O-]. The topological polar surface area (TPSA) is 98.3 Å².